The molecule has 1 aliphatic carbocycles. The Kier molecular flexibility index (Phi) is 12.8. The molecule has 1 atom stereocenters. The van der Waals surface area contributed by atoms with Gasteiger partial charge in [0.15, 0.2) is 11.5 Å². The van der Waals surface area contributed by atoms with Gasteiger partial charge >= 0.3 is 0 Å². The molecule has 13 heteroatoms. The van der Waals surface area contributed by atoms with Gasteiger partial charge in [0.05, 0.1) is 12.7 Å². The zero-order valence-corrected chi connectivity index (χ0v) is 26.9. The number of ether oxygens (including phenoxy) is 1. The number of allylic oxidation sites excluding steroid dienone is 3. The van der Waals surface area contributed by atoms with E-state index in [1.165, 1.54) is 31.4 Å². The molecular formula is C36H37FN6O6. The smallest absolute Gasteiger partial charge is 0.290 e. The van der Waals surface area contributed by atoms with Crippen molar-refractivity contribution < 1.29 is 34.1 Å². The Bertz CT molecular complexity index is 1810. The largest absolute Gasteiger partial charge is 0.504 e. The fraction of sp³-hybridized carbons (Fsp3) is 0.306. The average Bonchev–Trinajstić information content (AvgIpc) is 3.13. The van der Waals surface area contributed by atoms with Gasteiger partial charge in [-0.2, -0.15) is 10.5 Å². The first-order valence-corrected chi connectivity index (χ1v) is 15.6. The maximum Gasteiger partial charge on any atom is 0.290 e. The second-order valence-electron chi connectivity index (χ2n) is 11.6. The zero-order chi connectivity index (χ0) is 35.3. The predicted octanol–water partition coefficient (Wildman–Crippen LogP) is 5.06. The number of methoxy groups -OCH3 is 1. The zero-order valence-electron chi connectivity index (χ0n) is 26.9. The van der Waals surface area contributed by atoms with Gasteiger partial charge in [0.25, 0.3) is 12.4 Å². The number of piperidine rings is 1. The van der Waals surface area contributed by atoms with Crippen molar-refractivity contribution in [2.45, 2.75) is 38.1 Å². The highest BCUT2D eigenvalue weighted by atomic mass is 19.1. The van der Waals surface area contributed by atoms with Crippen LogP contribution in [-0.4, -0.2) is 65.6 Å². The number of amides is 1. The maximum absolute atomic E-state index is 14.8. The molecule has 1 amide bonds. The van der Waals surface area contributed by atoms with Crippen molar-refractivity contribution in [3.05, 3.63) is 83.3 Å². The van der Waals surface area contributed by atoms with E-state index in [0.29, 0.717) is 64.4 Å². The molecule has 1 aromatic heterocycles. The predicted molar refractivity (Wildman–Crippen MR) is 179 cm³/mol. The van der Waals surface area contributed by atoms with Gasteiger partial charge in [0.2, 0.25) is 0 Å². The third-order valence-electron chi connectivity index (χ3n) is 8.64. The molecule has 254 valence electrons. The number of carboxylic acid groups (broad SMARTS) is 1. The maximum atomic E-state index is 14.8. The fourth-order valence-electron chi connectivity index (χ4n) is 6.08. The van der Waals surface area contributed by atoms with E-state index in [1.807, 2.05) is 6.07 Å². The van der Waals surface area contributed by atoms with Crippen LogP contribution in [0, 0.1) is 34.4 Å². The number of anilines is 1. The number of pyridine rings is 1. The molecule has 0 saturated carbocycles. The Morgan fingerprint density at radius 2 is 1.88 bits per heavy atom. The number of rotatable bonds is 9. The molecule has 1 unspecified atom stereocenters. The van der Waals surface area contributed by atoms with Crippen LogP contribution in [0.2, 0.25) is 0 Å². The van der Waals surface area contributed by atoms with E-state index in [2.05, 4.69) is 22.4 Å². The number of aromatic nitrogens is 1. The van der Waals surface area contributed by atoms with Crippen LogP contribution in [0.3, 0.4) is 0 Å². The van der Waals surface area contributed by atoms with E-state index in [0.717, 1.165) is 44.2 Å². The van der Waals surface area contributed by atoms with Crippen LogP contribution in [0.4, 0.5) is 10.2 Å². The van der Waals surface area contributed by atoms with Gasteiger partial charge in [-0.3, -0.25) is 14.8 Å². The van der Waals surface area contributed by atoms with Crippen molar-refractivity contribution in [3.8, 4) is 45.9 Å². The molecule has 1 aliphatic heterocycles. The van der Waals surface area contributed by atoms with Crippen LogP contribution >= 0.6 is 0 Å². The SMILES string of the molecule is COc1ccc(-c2cnc(N3CCC(NCC4CC=C(/C=C/C(=O)NO)CC4)CC3)c(C#N)c2-c2ccc(C#N)c(F)c2)cc1O.O=CO. The second kappa shape index (κ2) is 17.4. The first kappa shape index (κ1) is 36.1. The fourth-order valence-corrected chi connectivity index (χ4v) is 6.08. The Labute approximate surface area is 283 Å². The number of nitriles is 2. The number of benzene rings is 2. The molecule has 2 aromatic carbocycles. The number of hydrogen-bond donors (Lipinski definition) is 5. The van der Waals surface area contributed by atoms with Gasteiger partial charge in [-0.25, -0.2) is 14.9 Å². The Hall–Kier alpha value is -5.76. The summed E-state index contributed by atoms with van der Waals surface area (Å²) in [6, 6.07) is 13.6. The van der Waals surface area contributed by atoms with Crippen LogP contribution in [0.1, 0.15) is 43.2 Å². The summed E-state index contributed by atoms with van der Waals surface area (Å²) < 4.78 is 20.0. The van der Waals surface area contributed by atoms with Crippen LogP contribution in [-0.2, 0) is 9.59 Å². The van der Waals surface area contributed by atoms with E-state index >= 15 is 0 Å². The normalized spacial score (nSPS) is 16.1. The Morgan fingerprint density at radius 1 is 1.14 bits per heavy atom. The summed E-state index contributed by atoms with van der Waals surface area (Å²) >= 11 is 0. The number of hydroxylamine groups is 1. The van der Waals surface area contributed by atoms with Crippen molar-refractivity contribution in [1.29, 1.82) is 10.5 Å². The molecule has 5 rings (SSSR count). The summed E-state index contributed by atoms with van der Waals surface area (Å²) in [5.41, 5.74) is 4.90. The number of halogens is 1. The summed E-state index contributed by atoms with van der Waals surface area (Å²) in [5.74, 6) is -0.0106. The van der Waals surface area contributed by atoms with Crippen molar-refractivity contribution in [2.75, 3.05) is 31.6 Å². The van der Waals surface area contributed by atoms with E-state index in [-0.39, 0.29) is 17.8 Å². The molecule has 1 saturated heterocycles. The number of carbonyl (C=O) groups excluding carboxylic acids is 1. The third kappa shape index (κ3) is 8.99. The molecule has 0 radical (unpaired) electrons. The highest BCUT2D eigenvalue weighted by molar-refractivity contribution is 5.90. The van der Waals surface area contributed by atoms with Gasteiger partial charge in [-0.1, -0.05) is 29.9 Å². The molecule has 12 nitrogen and oxygen atoms in total. The molecule has 0 spiro atoms. The van der Waals surface area contributed by atoms with Gasteiger partial charge in [0.1, 0.15) is 29.3 Å². The van der Waals surface area contributed by atoms with Crippen LogP contribution in [0.25, 0.3) is 22.3 Å². The minimum absolute atomic E-state index is 0.0808. The standard InChI is InChI=1S/C35H35FN6O4.CH2O2/c1-46-32-10-9-24(17-31(32)43)29-21-40-35(28(19-38)34(29)25-7-8-26(18-37)30(36)16-25)42-14-12-27(13-15-42)39-20-23-4-2-22(3-5-23)6-11-33(44)41-45;2-1-3/h2,6-11,16-17,21,23,27,39,43,45H,3-5,12-15,20H2,1H3,(H,41,44);1H,(H,2,3)/b11-6+;. The average molecular weight is 669 g/mol. The number of phenolic OH excluding ortho intramolecular Hbond substituents is 1. The third-order valence-corrected chi connectivity index (χ3v) is 8.64. The van der Waals surface area contributed by atoms with Crippen LogP contribution < -0.4 is 20.4 Å². The number of carbonyl (C=O) groups is 2. The molecular weight excluding hydrogens is 631 g/mol. The quantitative estimate of drug-likeness (QED) is 0.0886. The molecule has 3 aromatic rings. The van der Waals surface area contributed by atoms with Crippen molar-refractivity contribution >= 4 is 18.2 Å². The summed E-state index contributed by atoms with van der Waals surface area (Å²) in [5, 5.41) is 49.4. The number of phenols is 1. The Balaban J connectivity index is 0.00000174. The van der Waals surface area contributed by atoms with Crippen LogP contribution in [0.15, 0.2) is 66.4 Å². The lowest BCUT2D eigenvalue weighted by atomic mass is 9.89. The van der Waals surface area contributed by atoms with Crippen molar-refractivity contribution in [1.82, 2.24) is 15.8 Å². The van der Waals surface area contributed by atoms with Crippen molar-refractivity contribution in [3.63, 3.8) is 0 Å². The lowest BCUT2D eigenvalue weighted by Crippen LogP contribution is -2.44. The number of hydrogen-bond acceptors (Lipinski definition) is 10. The topological polar surface area (TPSA) is 192 Å². The number of aromatic hydroxyl groups is 1. The number of nitrogens with zero attached hydrogens (tertiary/aromatic N) is 4. The molecule has 49 heavy (non-hydrogen) atoms. The highest BCUT2D eigenvalue weighted by Crippen LogP contribution is 2.41. The summed E-state index contributed by atoms with van der Waals surface area (Å²) in [4.78, 5) is 26.4. The highest BCUT2D eigenvalue weighted by Gasteiger charge is 2.27. The monoisotopic (exact) mass is 668 g/mol. The van der Waals surface area contributed by atoms with Crippen LogP contribution in [0.5, 0.6) is 11.5 Å². The van der Waals surface area contributed by atoms with Crippen molar-refractivity contribution in [2.24, 2.45) is 5.92 Å². The summed E-state index contributed by atoms with van der Waals surface area (Å²) in [7, 11) is 1.45. The molecule has 1 fully saturated rings. The second-order valence-corrected chi connectivity index (χ2v) is 11.6. The molecule has 5 N–H and O–H groups in total. The Morgan fingerprint density at radius 3 is 2.47 bits per heavy atom. The molecule has 0 bridgehead atoms. The summed E-state index contributed by atoms with van der Waals surface area (Å²) in [6.07, 6.45) is 11.4. The van der Waals surface area contributed by atoms with E-state index < -0.39 is 11.7 Å². The van der Waals surface area contributed by atoms with Gasteiger partial charge < -0.3 is 25.2 Å². The lowest BCUT2D eigenvalue weighted by molar-refractivity contribution is -0.124. The minimum Gasteiger partial charge on any atom is -0.504 e. The lowest BCUT2D eigenvalue weighted by Gasteiger charge is -2.35. The molecule has 2 aliphatic rings. The first-order valence-electron chi connectivity index (χ1n) is 15.6. The molecule has 2 heterocycles. The van der Waals surface area contributed by atoms with Gasteiger partial charge in [-0.15, -0.1) is 0 Å². The van der Waals surface area contributed by atoms with E-state index in [9.17, 15) is 24.8 Å². The van der Waals surface area contributed by atoms with E-state index in [4.69, 9.17) is 24.8 Å². The minimum atomic E-state index is -0.687. The van der Waals surface area contributed by atoms with Gasteiger partial charge in [0, 0.05) is 42.5 Å². The number of nitrogens with one attached hydrogen (secondary N) is 2. The van der Waals surface area contributed by atoms with Gasteiger partial charge in [-0.05, 0) is 80.0 Å². The first-order chi connectivity index (χ1) is 23.8. The van der Waals surface area contributed by atoms with E-state index in [1.54, 1.807) is 36.0 Å². The summed E-state index contributed by atoms with van der Waals surface area (Å²) in [6.45, 7) is 1.99.